The molecule has 0 atom stereocenters. The molecule has 0 spiro atoms. The third kappa shape index (κ3) is 6.16. The standard InChI is InChI=1S/C16H14F3N3O4S2/c1-28(25,26)22-11-6-3-2-5-10(11)15(24)21-20-14(16(17,18)19)9-12(23)13-7-4-8-27-13/h2-8,22H,9H2,1H3,(H,21,24)/b20-14-. The summed E-state index contributed by atoms with van der Waals surface area (Å²) in [6.45, 7) is 0. The van der Waals surface area contributed by atoms with E-state index in [2.05, 4.69) is 9.82 Å². The molecule has 0 saturated heterocycles. The summed E-state index contributed by atoms with van der Waals surface area (Å²) >= 11 is 0.988. The van der Waals surface area contributed by atoms with Gasteiger partial charge in [0.1, 0.15) is 5.71 Å². The lowest BCUT2D eigenvalue weighted by Crippen LogP contribution is -2.30. The van der Waals surface area contributed by atoms with Crippen LogP contribution in [0.25, 0.3) is 0 Å². The highest BCUT2D eigenvalue weighted by Crippen LogP contribution is 2.22. The Morgan fingerprint density at radius 2 is 1.82 bits per heavy atom. The van der Waals surface area contributed by atoms with Crippen LogP contribution in [0.1, 0.15) is 26.5 Å². The molecule has 0 radical (unpaired) electrons. The van der Waals surface area contributed by atoms with Crippen molar-refractivity contribution < 1.29 is 31.2 Å². The maximum atomic E-state index is 13.2. The molecule has 150 valence electrons. The van der Waals surface area contributed by atoms with Crippen LogP contribution >= 0.6 is 11.3 Å². The normalized spacial score (nSPS) is 12.5. The minimum Gasteiger partial charge on any atom is -0.293 e. The van der Waals surface area contributed by atoms with Crippen LogP contribution in [0.15, 0.2) is 46.9 Å². The highest BCUT2D eigenvalue weighted by Gasteiger charge is 2.37. The molecule has 2 N–H and O–H groups in total. The SMILES string of the molecule is CS(=O)(=O)Nc1ccccc1C(=O)N/N=C(/CC(=O)c1cccs1)C(F)(F)F. The van der Waals surface area contributed by atoms with E-state index in [-0.39, 0.29) is 16.1 Å². The number of alkyl halides is 3. The summed E-state index contributed by atoms with van der Waals surface area (Å²) in [4.78, 5) is 24.3. The van der Waals surface area contributed by atoms with Crippen molar-refractivity contribution in [3.05, 3.63) is 52.2 Å². The van der Waals surface area contributed by atoms with Gasteiger partial charge in [0.05, 0.1) is 28.8 Å². The smallest absolute Gasteiger partial charge is 0.293 e. The van der Waals surface area contributed by atoms with Crippen LogP contribution in [-0.4, -0.2) is 38.3 Å². The number of halogens is 3. The molecule has 0 fully saturated rings. The minimum absolute atomic E-state index is 0.124. The van der Waals surface area contributed by atoms with Gasteiger partial charge in [-0.1, -0.05) is 18.2 Å². The molecule has 7 nitrogen and oxygen atoms in total. The quantitative estimate of drug-likeness (QED) is 0.398. The topological polar surface area (TPSA) is 105 Å². The Hall–Kier alpha value is -2.73. The van der Waals surface area contributed by atoms with Crippen molar-refractivity contribution in [3.63, 3.8) is 0 Å². The predicted molar refractivity (Wildman–Crippen MR) is 99.1 cm³/mol. The maximum Gasteiger partial charge on any atom is 0.431 e. The van der Waals surface area contributed by atoms with E-state index in [1.54, 1.807) is 10.8 Å². The van der Waals surface area contributed by atoms with Crippen molar-refractivity contribution in [2.45, 2.75) is 12.6 Å². The van der Waals surface area contributed by atoms with Crippen LogP contribution in [0, 0.1) is 0 Å². The van der Waals surface area contributed by atoms with Crippen LogP contribution in [0.4, 0.5) is 18.9 Å². The number of para-hydroxylation sites is 1. The van der Waals surface area contributed by atoms with E-state index in [1.165, 1.54) is 36.4 Å². The Morgan fingerprint density at radius 3 is 2.39 bits per heavy atom. The molecule has 0 unspecified atom stereocenters. The third-order valence-electron chi connectivity index (χ3n) is 3.21. The lowest BCUT2D eigenvalue weighted by Gasteiger charge is -2.11. The molecule has 0 aliphatic heterocycles. The Bertz CT molecular complexity index is 1000. The van der Waals surface area contributed by atoms with Crippen molar-refractivity contribution in [2.24, 2.45) is 5.10 Å². The molecule has 0 aliphatic rings. The second-order valence-electron chi connectivity index (χ2n) is 5.49. The van der Waals surface area contributed by atoms with Crippen LogP contribution in [0.3, 0.4) is 0 Å². The maximum absolute atomic E-state index is 13.2. The van der Waals surface area contributed by atoms with E-state index in [0.29, 0.717) is 0 Å². The van der Waals surface area contributed by atoms with Gasteiger partial charge in [-0.15, -0.1) is 11.3 Å². The number of thiophene rings is 1. The number of anilines is 1. The number of benzene rings is 1. The summed E-state index contributed by atoms with van der Waals surface area (Å²) in [6.07, 6.45) is -5.13. The average molecular weight is 433 g/mol. The molecule has 0 bridgehead atoms. The number of rotatable bonds is 7. The van der Waals surface area contributed by atoms with Gasteiger partial charge >= 0.3 is 6.18 Å². The number of amides is 1. The van der Waals surface area contributed by atoms with Crippen LogP contribution < -0.4 is 10.1 Å². The number of ketones is 1. The fourth-order valence-electron chi connectivity index (χ4n) is 2.03. The summed E-state index contributed by atoms with van der Waals surface area (Å²) in [6, 6.07) is 8.22. The summed E-state index contributed by atoms with van der Waals surface area (Å²) in [5, 5.41) is 4.60. The fourth-order valence-corrected chi connectivity index (χ4v) is 3.27. The molecule has 0 saturated carbocycles. The van der Waals surface area contributed by atoms with Crippen molar-refractivity contribution in [1.82, 2.24) is 5.43 Å². The molecular weight excluding hydrogens is 419 g/mol. The molecule has 1 amide bonds. The van der Waals surface area contributed by atoms with E-state index in [9.17, 15) is 31.2 Å². The van der Waals surface area contributed by atoms with Crippen LogP contribution in [0.2, 0.25) is 0 Å². The van der Waals surface area contributed by atoms with Gasteiger partial charge in [0.2, 0.25) is 10.0 Å². The number of hydrazone groups is 1. The first-order valence-electron chi connectivity index (χ1n) is 7.55. The fraction of sp³-hybridized carbons (Fsp3) is 0.188. The summed E-state index contributed by atoms with van der Waals surface area (Å²) < 4.78 is 64.3. The lowest BCUT2D eigenvalue weighted by atomic mass is 10.1. The van der Waals surface area contributed by atoms with Crippen LogP contribution in [-0.2, 0) is 10.0 Å². The summed E-state index contributed by atoms with van der Waals surface area (Å²) in [5.41, 5.74) is -0.109. The third-order valence-corrected chi connectivity index (χ3v) is 4.71. The van der Waals surface area contributed by atoms with E-state index in [4.69, 9.17) is 0 Å². The Morgan fingerprint density at radius 1 is 1.14 bits per heavy atom. The van der Waals surface area contributed by atoms with Gasteiger partial charge in [-0.05, 0) is 23.6 Å². The molecule has 1 aromatic carbocycles. The van der Waals surface area contributed by atoms with Gasteiger partial charge in [-0.3, -0.25) is 14.3 Å². The number of nitrogens with one attached hydrogen (secondary N) is 2. The molecule has 0 aliphatic carbocycles. The van der Waals surface area contributed by atoms with Gasteiger partial charge < -0.3 is 0 Å². The lowest BCUT2D eigenvalue weighted by molar-refractivity contribution is -0.0605. The highest BCUT2D eigenvalue weighted by atomic mass is 32.2. The zero-order valence-corrected chi connectivity index (χ0v) is 15.9. The van der Waals surface area contributed by atoms with Crippen molar-refractivity contribution >= 4 is 44.4 Å². The number of hydrogen-bond acceptors (Lipinski definition) is 6. The van der Waals surface area contributed by atoms with Gasteiger partial charge in [0.25, 0.3) is 5.91 Å². The predicted octanol–water partition coefficient (Wildman–Crippen LogP) is 3.04. The zero-order chi connectivity index (χ0) is 20.9. The van der Waals surface area contributed by atoms with Crippen LogP contribution in [0.5, 0.6) is 0 Å². The highest BCUT2D eigenvalue weighted by molar-refractivity contribution is 7.92. The Kier molecular flexibility index (Phi) is 6.56. The molecule has 12 heteroatoms. The summed E-state index contributed by atoms with van der Waals surface area (Å²) in [5.74, 6) is -1.86. The molecular formula is C16H14F3N3O4S2. The largest absolute Gasteiger partial charge is 0.431 e. The zero-order valence-electron chi connectivity index (χ0n) is 14.3. The van der Waals surface area contributed by atoms with Gasteiger partial charge in [0, 0.05) is 0 Å². The number of sulfonamides is 1. The van der Waals surface area contributed by atoms with Gasteiger partial charge in [0.15, 0.2) is 5.78 Å². The molecule has 2 rings (SSSR count). The molecule has 1 heterocycles. The van der Waals surface area contributed by atoms with Gasteiger partial charge in [-0.25, -0.2) is 13.8 Å². The van der Waals surface area contributed by atoms with Crippen molar-refractivity contribution in [1.29, 1.82) is 0 Å². The number of hydrogen-bond donors (Lipinski definition) is 2. The first-order chi connectivity index (χ1) is 13.0. The first kappa shape index (κ1) is 21.6. The number of nitrogens with zero attached hydrogens (tertiary/aromatic N) is 1. The van der Waals surface area contributed by atoms with E-state index in [0.717, 1.165) is 17.6 Å². The van der Waals surface area contributed by atoms with Crippen molar-refractivity contribution in [2.75, 3.05) is 11.0 Å². The van der Waals surface area contributed by atoms with E-state index in [1.807, 2.05) is 0 Å². The molecule has 2 aromatic rings. The first-order valence-corrected chi connectivity index (χ1v) is 10.3. The Balaban J connectivity index is 2.23. The van der Waals surface area contributed by atoms with Crippen molar-refractivity contribution in [3.8, 4) is 0 Å². The number of carbonyl (C=O) groups excluding carboxylic acids is 2. The second-order valence-corrected chi connectivity index (χ2v) is 8.19. The van der Waals surface area contributed by atoms with E-state index < -0.39 is 40.0 Å². The second kappa shape index (κ2) is 8.52. The average Bonchev–Trinajstić information content (AvgIpc) is 3.10. The molecule has 1 aromatic heterocycles. The Labute approximate surface area is 162 Å². The number of carbonyl (C=O) groups is 2. The molecule has 28 heavy (non-hydrogen) atoms. The van der Waals surface area contributed by atoms with E-state index >= 15 is 0 Å². The monoisotopic (exact) mass is 433 g/mol. The number of Topliss-reactive ketones (excluding diaryl/α,β-unsaturated/α-hetero) is 1. The summed E-state index contributed by atoms with van der Waals surface area (Å²) in [7, 11) is -3.72. The van der Waals surface area contributed by atoms with Gasteiger partial charge in [-0.2, -0.15) is 18.3 Å². The minimum atomic E-state index is -4.94.